The quantitative estimate of drug-likeness (QED) is 0.375. The first-order valence-electron chi connectivity index (χ1n) is 1.90. The maximum atomic E-state index is 6.48. The maximum Gasteiger partial charge on any atom is -0.00479 e. The second-order valence-corrected chi connectivity index (χ2v) is 0.993. The van der Waals surface area contributed by atoms with Crippen LogP contribution in [-0.4, -0.2) is 6.21 Å². The van der Waals surface area contributed by atoms with E-state index < -0.39 is 0 Å². The summed E-state index contributed by atoms with van der Waals surface area (Å²) in [7, 11) is 0. The molecule has 3 heteroatoms. The van der Waals surface area contributed by atoms with Gasteiger partial charge in [-0.1, -0.05) is 13.3 Å². The van der Waals surface area contributed by atoms with E-state index in [0.29, 0.717) is 0 Å². The molecule has 0 atom stereocenters. The molecular formula is C4H9Cl2N-2. The first-order valence-corrected chi connectivity index (χ1v) is 1.90. The zero-order valence-corrected chi connectivity index (χ0v) is 5.76. The zero-order valence-electron chi connectivity index (χ0n) is 4.25. The topological polar surface area (TPSA) is 23.9 Å². The van der Waals surface area contributed by atoms with Gasteiger partial charge in [0.1, 0.15) is 0 Å². The summed E-state index contributed by atoms with van der Waals surface area (Å²) < 4.78 is 0. The highest BCUT2D eigenvalue weighted by molar-refractivity contribution is 5.52. The van der Waals surface area contributed by atoms with Gasteiger partial charge in [-0.15, -0.1) is 0 Å². The molecule has 0 spiro atoms. The SMILES string of the molecule is CCCC=N.[Cl-].[Cl-]. The van der Waals surface area contributed by atoms with Crippen LogP contribution < -0.4 is 24.8 Å². The molecule has 0 aliphatic rings. The Morgan fingerprint density at radius 2 is 1.86 bits per heavy atom. The third kappa shape index (κ3) is 22.3. The van der Waals surface area contributed by atoms with Gasteiger partial charge in [-0.05, 0) is 12.6 Å². The highest BCUT2D eigenvalue weighted by atomic mass is 35.5. The number of halogens is 2. The van der Waals surface area contributed by atoms with Gasteiger partial charge < -0.3 is 30.2 Å². The Balaban J connectivity index is -0.0000000800. The normalized spacial score (nSPS) is 5.29. The van der Waals surface area contributed by atoms with Crippen LogP contribution >= 0.6 is 0 Å². The molecular weight excluding hydrogens is 133 g/mol. The van der Waals surface area contributed by atoms with Crippen molar-refractivity contribution in [2.24, 2.45) is 0 Å². The summed E-state index contributed by atoms with van der Waals surface area (Å²) in [5.41, 5.74) is 0. The molecule has 0 amide bonds. The number of unbranched alkanes of at least 4 members (excludes halogenated alkanes) is 1. The summed E-state index contributed by atoms with van der Waals surface area (Å²) in [6.07, 6.45) is 3.46. The first-order chi connectivity index (χ1) is 2.41. The third-order valence-electron chi connectivity index (χ3n) is 0.433. The van der Waals surface area contributed by atoms with Crippen molar-refractivity contribution in [3.05, 3.63) is 0 Å². The lowest BCUT2D eigenvalue weighted by Crippen LogP contribution is -3.00. The Morgan fingerprint density at radius 1 is 1.43 bits per heavy atom. The molecule has 0 aromatic carbocycles. The summed E-state index contributed by atoms with van der Waals surface area (Å²) in [6.45, 7) is 2.06. The van der Waals surface area contributed by atoms with E-state index in [1.54, 1.807) is 0 Å². The van der Waals surface area contributed by atoms with Gasteiger partial charge >= 0.3 is 0 Å². The zero-order chi connectivity index (χ0) is 4.12. The van der Waals surface area contributed by atoms with E-state index >= 15 is 0 Å². The molecule has 1 nitrogen and oxygen atoms in total. The maximum absolute atomic E-state index is 6.48. The molecule has 0 radical (unpaired) electrons. The second kappa shape index (κ2) is 16.3. The molecule has 0 saturated heterocycles. The van der Waals surface area contributed by atoms with Crippen LogP contribution in [-0.2, 0) is 0 Å². The Kier molecular flexibility index (Phi) is 36.5. The smallest absolute Gasteiger partial charge is 0.00479 e. The molecule has 7 heavy (non-hydrogen) atoms. The van der Waals surface area contributed by atoms with Gasteiger partial charge in [0.2, 0.25) is 0 Å². The van der Waals surface area contributed by atoms with Crippen LogP contribution in [0.15, 0.2) is 0 Å². The van der Waals surface area contributed by atoms with Gasteiger partial charge in [0.25, 0.3) is 0 Å². The van der Waals surface area contributed by atoms with Crippen LogP contribution in [0.4, 0.5) is 0 Å². The summed E-state index contributed by atoms with van der Waals surface area (Å²) in [6, 6.07) is 0. The fourth-order valence-electron chi connectivity index (χ4n) is 0.144. The summed E-state index contributed by atoms with van der Waals surface area (Å²) in [5, 5.41) is 6.48. The fourth-order valence-corrected chi connectivity index (χ4v) is 0.144. The molecule has 0 heterocycles. The van der Waals surface area contributed by atoms with Crippen LogP contribution in [0.25, 0.3) is 0 Å². The fraction of sp³-hybridized carbons (Fsp3) is 0.750. The minimum Gasteiger partial charge on any atom is -1.00 e. The molecule has 46 valence electrons. The van der Waals surface area contributed by atoms with Crippen molar-refractivity contribution in [1.29, 1.82) is 5.41 Å². The van der Waals surface area contributed by atoms with Gasteiger partial charge in [0.05, 0.1) is 0 Å². The summed E-state index contributed by atoms with van der Waals surface area (Å²) in [4.78, 5) is 0. The summed E-state index contributed by atoms with van der Waals surface area (Å²) >= 11 is 0. The van der Waals surface area contributed by atoms with Crippen molar-refractivity contribution in [2.45, 2.75) is 19.8 Å². The van der Waals surface area contributed by atoms with E-state index in [4.69, 9.17) is 5.41 Å². The second-order valence-electron chi connectivity index (χ2n) is 0.993. The average Bonchev–Trinajstić information content (AvgIpc) is 1.41. The molecule has 0 aliphatic heterocycles. The lowest BCUT2D eigenvalue weighted by Gasteiger charge is -1.71. The van der Waals surface area contributed by atoms with E-state index in [-0.39, 0.29) is 24.8 Å². The van der Waals surface area contributed by atoms with E-state index in [1.165, 1.54) is 6.21 Å². The van der Waals surface area contributed by atoms with Crippen LogP contribution in [0.5, 0.6) is 0 Å². The van der Waals surface area contributed by atoms with E-state index in [2.05, 4.69) is 6.92 Å². The minimum absolute atomic E-state index is 0. The number of hydrogen-bond acceptors (Lipinski definition) is 1. The lowest BCUT2D eigenvalue weighted by molar-refractivity contribution is -0.00100. The van der Waals surface area contributed by atoms with Crippen molar-refractivity contribution in [3.8, 4) is 0 Å². The molecule has 0 saturated carbocycles. The number of nitrogens with one attached hydrogen (secondary N) is 1. The highest BCUT2D eigenvalue weighted by Gasteiger charge is 1.63. The average molecular weight is 142 g/mol. The van der Waals surface area contributed by atoms with Crippen molar-refractivity contribution in [3.63, 3.8) is 0 Å². The predicted molar refractivity (Wildman–Crippen MR) is 23.7 cm³/mol. The van der Waals surface area contributed by atoms with Gasteiger partial charge in [0, 0.05) is 0 Å². The molecule has 1 N–H and O–H groups in total. The first kappa shape index (κ1) is 15.7. The standard InChI is InChI=1S/C4H9N.2ClH/c1-2-3-4-5;;/h4-5H,2-3H2,1H3;2*1H/p-2. The molecule has 0 aromatic rings. The van der Waals surface area contributed by atoms with E-state index in [0.717, 1.165) is 12.8 Å². The predicted octanol–water partition coefficient (Wildman–Crippen LogP) is -4.56. The van der Waals surface area contributed by atoms with E-state index in [1.807, 2.05) is 0 Å². The van der Waals surface area contributed by atoms with Crippen molar-refractivity contribution in [1.82, 2.24) is 0 Å². The molecule has 0 fully saturated rings. The third-order valence-corrected chi connectivity index (χ3v) is 0.433. The number of hydrogen-bond donors (Lipinski definition) is 1. The van der Waals surface area contributed by atoms with Crippen molar-refractivity contribution in [2.75, 3.05) is 0 Å². The van der Waals surface area contributed by atoms with Crippen LogP contribution in [0.2, 0.25) is 0 Å². The Morgan fingerprint density at radius 3 is 1.86 bits per heavy atom. The molecule has 0 aliphatic carbocycles. The van der Waals surface area contributed by atoms with Gasteiger partial charge in [-0.3, -0.25) is 0 Å². The highest BCUT2D eigenvalue weighted by Crippen LogP contribution is 1.75. The van der Waals surface area contributed by atoms with Gasteiger partial charge in [-0.25, -0.2) is 0 Å². The Labute approximate surface area is 56.8 Å². The van der Waals surface area contributed by atoms with Gasteiger partial charge in [0.15, 0.2) is 0 Å². The lowest BCUT2D eigenvalue weighted by atomic mass is 10.4. The van der Waals surface area contributed by atoms with Crippen LogP contribution in [0.3, 0.4) is 0 Å². The Bertz CT molecular complexity index is 30.9. The summed E-state index contributed by atoms with van der Waals surface area (Å²) in [5.74, 6) is 0. The van der Waals surface area contributed by atoms with Crippen LogP contribution in [0.1, 0.15) is 19.8 Å². The number of rotatable bonds is 2. The van der Waals surface area contributed by atoms with Crippen LogP contribution in [0, 0.1) is 5.41 Å². The Hall–Kier alpha value is 0.250. The van der Waals surface area contributed by atoms with Crippen molar-refractivity contribution < 1.29 is 24.8 Å². The largest absolute Gasteiger partial charge is 1.00 e. The van der Waals surface area contributed by atoms with Crippen molar-refractivity contribution >= 4 is 6.21 Å². The molecule has 0 bridgehead atoms. The molecule has 0 rings (SSSR count). The van der Waals surface area contributed by atoms with Gasteiger partial charge in [-0.2, -0.15) is 0 Å². The molecule has 0 aromatic heterocycles. The minimum atomic E-state index is 0. The monoisotopic (exact) mass is 141 g/mol. The van der Waals surface area contributed by atoms with E-state index in [9.17, 15) is 0 Å². The molecule has 0 unspecified atom stereocenters.